The van der Waals surface area contributed by atoms with Crippen molar-refractivity contribution in [2.75, 3.05) is 5.32 Å². The van der Waals surface area contributed by atoms with Crippen LogP contribution >= 0.6 is 27.5 Å². The van der Waals surface area contributed by atoms with E-state index in [9.17, 15) is 9.59 Å². The number of pyridine rings is 1. The lowest BCUT2D eigenvalue weighted by atomic mass is 10.2. The molecule has 1 heterocycles. The molecule has 1 amide bonds. The number of rotatable bonds is 2. The van der Waals surface area contributed by atoms with E-state index < -0.39 is 0 Å². The zero-order chi connectivity index (χ0) is 14.0. The van der Waals surface area contributed by atoms with Gasteiger partial charge in [0.2, 0.25) is 0 Å². The third kappa shape index (κ3) is 3.05. The minimum absolute atomic E-state index is 0.238. The first kappa shape index (κ1) is 13.8. The van der Waals surface area contributed by atoms with E-state index in [0.717, 1.165) is 0 Å². The molecule has 0 spiro atoms. The van der Waals surface area contributed by atoms with Gasteiger partial charge in [0.1, 0.15) is 0 Å². The molecule has 0 aliphatic heterocycles. The molecule has 0 saturated heterocycles. The molecular weight excluding hydrogens is 332 g/mol. The molecule has 6 heteroatoms. The van der Waals surface area contributed by atoms with Crippen molar-refractivity contribution in [3.8, 4) is 0 Å². The van der Waals surface area contributed by atoms with Crippen molar-refractivity contribution in [3.05, 3.63) is 61.9 Å². The Hall–Kier alpha value is -1.59. The molecule has 4 nitrogen and oxygen atoms in total. The number of carbonyl (C=O) groups is 1. The Morgan fingerprint density at radius 3 is 2.79 bits per heavy atom. The molecule has 19 heavy (non-hydrogen) atoms. The number of amides is 1. The first-order valence-corrected chi connectivity index (χ1v) is 6.58. The van der Waals surface area contributed by atoms with Gasteiger partial charge in [0.25, 0.3) is 11.5 Å². The summed E-state index contributed by atoms with van der Waals surface area (Å²) in [5.74, 6) is -0.360. The van der Waals surface area contributed by atoms with Gasteiger partial charge in [-0.3, -0.25) is 9.59 Å². The molecule has 0 aliphatic rings. The number of hydrogen-bond acceptors (Lipinski definition) is 2. The SMILES string of the molecule is Cn1ccc(C(=O)Nc2cccc(Cl)c2Br)cc1=O. The number of benzene rings is 1. The van der Waals surface area contributed by atoms with Gasteiger partial charge in [-0.15, -0.1) is 0 Å². The van der Waals surface area contributed by atoms with Crippen LogP contribution in [0, 0.1) is 0 Å². The summed E-state index contributed by atoms with van der Waals surface area (Å²) in [5.41, 5.74) is 0.617. The van der Waals surface area contributed by atoms with Crippen LogP contribution in [0.5, 0.6) is 0 Å². The van der Waals surface area contributed by atoms with Crippen LogP contribution in [0.2, 0.25) is 5.02 Å². The summed E-state index contributed by atoms with van der Waals surface area (Å²) in [4.78, 5) is 23.5. The normalized spacial score (nSPS) is 10.3. The predicted octanol–water partition coefficient (Wildman–Crippen LogP) is 3.05. The number of aryl methyl sites for hydroxylation is 1. The van der Waals surface area contributed by atoms with E-state index in [-0.39, 0.29) is 11.5 Å². The second-order valence-corrected chi connectivity index (χ2v) is 5.12. The van der Waals surface area contributed by atoms with Crippen LogP contribution in [0.15, 0.2) is 45.8 Å². The molecule has 0 fully saturated rings. The summed E-state index contributed by atoms with van der Waals surface area (Å²) in [6, 6.07) is 8.02. The Balaban J connectivity index is 2.28. The molecule has 0 unspecified atom stereocenters. The van der Waals surface area contributed by atoms with Gasteiger partial charge in [-0.1, -0.05) is 17.7 Å². The van der Waals surface area contributed by atoms with Gasteiger partial charge in [0, 0.05) is 24.9 Å². The summed E-state index contributed by atoms with van der Waals surface area (Å²) in [6.07, 6.45) is 1.55. The van der Waals surface area contributed by atoms with E-state index in [1.807, 2.05) is 0 Å². The van der Waals surface area contributed by atoms with E-state index in [2.05, 4.69) is 21.2 Å². The summed E-state index contributed by atoms with van der Waals surface area (Å²) in [5, 5.41) is 3.20. The first-order valence-electron chi connectivity index (χ1n) is 5.41. The second kappa shape index (κ2) is 5.59. The van der Waals surface area contributed by atoms with Gasteiger partial charge >= 0.3 is 0 Å². The first-order chi connectivity index (χ1) is 8.99. The highest BCUT2D eigenvalue weighted by molar-refractivity contribution is 9.10. The van der Waals surface area contributed by atoms with Crippen LogP contribution in [0.3, 0.4) is 0 Å². The zero-order valence-electron chi connectivity index (χ0n) is 9.98. The maximum atomic E-state index is 12.0. The fourth-order valence-corrected chi connectivity index (χ4v) is 2.02. The molecule has 0 aliphatic carbocycles. The number of halogens is 2. The highest BCUT2D eigenvalue weighted by Gasteiger charge is 2.10. The number of carbonyl (C=O) groups excluding carboxylic acids is 1. The third-order valence-corrected chi connectivity index (χ3v) is 3.96. The van der Waals surface area contributed by atoms with Crippen LogP contribution in [0.25, 0.3) is 0 Å². The predicted molar refractivity (Wildman–Crippen MR) is 78.8 cm³/mol. The molecule has 0 saturated carbocycles. The van der Waals surface area contributed by atoms with Crippen LogP contribution in [-0.2, 0) is 7.05 Å². The van der Waals surface area contributed by atoms with Crippen LogP contribution < -0.4 is 10.9 Å². The van der Waals surface area contributed by atoms with Crippen molar-refractivity contribution in [3.63, 3.8) is 0 Å². The Morgan fingerprint density at radius 2 is 2.11 bits per heavy atom. The summed E-state index contributed by atoms with van der Waals surface area (Å²) in [7, 11) is 1.62. The molecule has 1 aromatic carbocycles. The highest BCUT2D eigenvalue weighted by Crippen LogP contribution is 2.30. The summed E-state index contributed by atoms with van der Waals surface area (Å²) in [6.45, 7) is 0. The van der Waals surface area contributed by atoms with E-state index in [1.54, 1.807) is 37.5 Å². The maximum absolute atomic E-state index is 12.0. The van der Waals surface area contributed by atoms with Crippen LogP contribution in [0.1, 0.15) is 10.4 Å². The monoisotopic (exact) mass is 340 g/mol. The van der Waals surface area contributed by atoms with E-state index >= 15 is 0 Å². The van der Waals surface area contributed by atoms with Gasteiger partial charge < -0.3 is 9.88 Å². The largest absolute Gasteiger partial charge is 0.321 e. The van der Waals surface area contributed by atoms with Crippen molar-refractivity contribution < 1.29 is 4.79 Å². The molecule has 1 aromatic heterocycles. The van der Waals surface area contributed by atoms with Gasteiger partial charge in [-0.25, -0.2) is 0 Å². The highest BCUT2D eigenvalue weighted by atomic mass is 79.9. The molecule has 1 N–H and O–H groups in total. The van der Waals surface area contributed by atoms with Gasteiger partial charge in [0.15, 0.2) is 0 Å². The molecule has 0 atom stereocenters. The quantitative estimate of drug-likeness (QED) is 0.913. The summed E-state index contributed by atoms with van der Waals surface area (Å²) >= 11 is 9.23. The molecule has 2 aromatic rings. The Morgan fingerprint density at radius 1 is 1.37 bits per heavy atom. The van der Waals surface area contributed by atoms with Crippen molar-refractivity contribution in [2.45, 2.75) is 0 Å². The number of nitrogens with zero attached hydrogens (tertiary/aromatic N) is 1. The zero-order valence-corrected chi connectivity index (χ0v) is 12.3. The van der Waals surface area contributed by atoms with Crippen molar-refractivity contribution >= 4 is 39.1 Å². The molecule has 2 rings (SSSR count). The Bertz CT molecular complexity index is 697. The Labute approximate surface area is 123 Å². The van der Waals surface area contributed by atoms with Crippen molar-refractivity contribution in [2.24, 2.45) is 7.05 Å². The maximum Gasteiger partial charge on any atom is 0.255 e. The van der Waals surface area contributed by atoms with Gasteiger partial charge in [-0.05, 0) is 34.1 Å². The van der Waals surface area contributed by atoms with Crippen LogP contribution in [-0.4, -0.2) is 10.5 Å². The molecule has 0 radical (unpaired) electrons. The fourth-order valence-electron chi connectivity index (χ4n) is 1.48. The average molecular weight is 342 g/mol. The van der Waals surface area contributed by atoms with Crippen molar-refractivity contribution in [1.82, 2.24) is 4.57 Å². The van der Waals surface area contributed by atoms with Gasteiger partial charge in [-0.2, -0.15) is 0 Å². The van der Waals surface area contributed by atoms with Gasteiger partial charge in [0.05, 0.1) is 15.2 Å². The van der Waals surface area contributed by atoms with Crippen molar-refractivity contribution in [1.29, 1.82) is 0 Å². The van der Waals surface area contributed by atoms with E-state index in [0.29, 0.717) is 20.7 Å². The number of anilines is 1. The topological polar surface area (TPSA) is 51.1 Å². The summed E-state index contributed by atoms with van der Waals surface area (Å²) < 4.78 is 2.00. The molecule has 98 valence electrons. The number of hydrogen-bond donors (Lipinski definition) is 1. The smallest absolute Gasteiger partial charge is 0.255 e. The minimum atomic E-state index is -0.360. The lowest BCUT2D eigenvalue weighted by Gasteiger charge is -2.08. The number of aromatic nitrogens is 1. The molecule has 0 bridgehead atoms. The molecular formula is C13H10BrClN2O2. The second-order valence-electron chi connectivity index (χ2n) is 3.92. The average Bonchev–Trinajstić information content (AvgIpc) is 2.38. The van der Waals surface area contributed by atoms with E-state index in [4.69, 9.17) is 11.6 Å². The lowest BCUT2D eigenvalue weighted by Crippen LogP contribution is -2.20. The minimum Gasteiger partial charge on any atom is -0.321 e. The van der Waals surface area contributed by atoms with E-state index in [1.165, 1.54) is 10.6 Å². The Kier molecular flexibility index (Phi) is 4.07. The lowest BCUT2D eigenvalue weighted by molar-refractivity contribution is 0.102. The standard InChI is InChI=1S/C13H10BrClN2O2/c1-17-6-5-8(7-11(17)18)13(19)16-10-4-2-3-9(15)12(10)14/h2-7H,1H3,(H,16,19). The van der Waals surface area contributed by atoms with Crippen LogP contribution in [0.4, 0.5) is 5.69 Å². The fraction of sp³-hybridized carbons (Fsp3) is 0.0769. The number of nitrogens with one attached hydrogen (secondary N) is 1. The third-order valence-electron chi connectivity index (χ3n) is 2.57.